The average Bonchev–Trinajstić information content (AvgIpc) is 2.93. The number of carbonyl (C=O) groups excluding carboxylic acids is 1. The van der Waals surface area contributed by atoms with Crippen LogP contribution in [0.15, 0.2) is 24.4 Å². The molecule has 1 saturated heterocycles. The van der Waals surface area contributed by atoms with E-state index in [4.69, 9.17) is 0 Å². The molecule has 0 bridgehead atoms. The van der Waals surface area contributed by atoms with Crippen LogP contribution < -0.4 is 5.32 Å². The molecule has 21 heavy (non-hydrogen) atoms. The molecule has 114 valence electrons. The zero-order valence-corrected chi connectivity index (χ0v) is 12.2. The van der Waals surface area contributed by atoms with E-state index >= 15 is 0 Å². The second kappa shape index (κ2) is 6.56. The van der Waals surface area contributed by atoms with Crippen molar-refractivity contribution in [1.82, 2.24) is 15.2 Å². The zero-order valence-electron chi connectivity index (χ0n) is 12.2. The first-order valence-corrected chi connectivity index (χ1v) is 7.29. The van der Waals surface area contributed by atoms with Gasteiger partial charge in [0.2, 0.25) is 0 Å². The molecule has 0 radical (unpaired) electrons. The summed E-state index contributed by atoms with van der Waals surface area (Å²) in [6.45, 7) is 2.76. The highest BCUT2D eigenvalue weighted by Gasteiger charge is 2.48. The third-order valence-corrected chi connectivity index (χ3v) is 4.10. The Morgan fingerprint density at radius 1 is 1.48 bits per heavy atom. The van der Waals surface area contributed by atoms with Gasteiger partial charge in [-0.15, -0.1) is 0 Å². The highest BCUT2D eigenvalue weighted by molar-refractivity contribution is 5.87. The van der Waals surface area contributed by atoms with Crippen LogP contribution in [0.1, 0.15) is 31.9 Å². The Kier molecular flexibility index (Phi) is 4.77. The summed E-state index contributed by atoms with van der Waals surface area (Å²) in [4.78, 5) is 29.4. The second-order valence-electron chi connectivity index (χ2n) is 5.25. The van der Waals surface area contributed by atoms with Crippen molar-refractivity contribution in [2.75, 3.05) is 13.1 Å². The standard InChI is InChI=1S/C15H21N3O3/c1-2-15(13(19)20)8-5-11-18(15)14(21)17-10-7-12-6-3-4-9-16-12/h3-4,6,9H,2,5,7-8,10-11H2,1H3,(H,17,21)(H,19,20). The lowest BCUT2D eigenvalue weighted by Gasteiger charge is -2.33. The Bertz CT molecular complexity index is 506. The van der Waals surface area contributed by atoms with Gasteiger partial charge in [0.1, 0.15) is 5.54 Å². The molecule has 6 heteroatoms. The Morgan fingerprint density at radius 2 is 2.29 bits per heavy atom. The van der Waals surface area contributed by atoms with Gasteiger partial charge in [0, 0.05) is 31.4 Å². The van der Waals surface area contributed by atoms with Gasteiger partial charge in [-0.05, 0) is 31.4 Å². The fraction of sp³-hybridized carbons (Fsp3) is 0.533. The molecule has 1 aromatic rings. The van der Waals surface area contributed by atoms with Gasteiger partial charge in [0.15, 0.2) is 0 Å². The molecule has 2 N–H and O–H groups in total. The van der Waals surface area contributed by atoms with E-state index in [0.717, 1.165) is 12.1 Å². The molecule has 1 aliphatic rings. The molecule has 0 spiro atoms. The largest absolute Gasteiger partial charge is 0.479 e. The number of hydrogen-bond donors (Lipinski definition) is 2. The summed E-state index contributed by atoms with van der Waals surface area (Å²) in [5.41, 5.74) is -0.144. The van der Waals surface area contributed by atoms with Crippen LogP contribution in [0.25, 0.3) is 0 Å². The van der Waals surface area contributed by atoms with Crippen molar-refractivity contribution in [2.45, 2.75) is 38.1 Å². The van der Waals surface area contributed by atoms with Crippen LogP contribution in [0.3, 0.4) is 0 Å². The highest BCUT2D eigenvalue weighted by atomic mass is 16.4. The fourth-order valence-electron chi connectivity index (χ4n) is 2.85. The van der Waals surface area contributed by atoms with E-state index in [-0.39, 0.29) is 6.03 Å². The van der Waals surface area contributed by atoms with Gasteiger partial charge in [-0.25, -0.2) is 9.59 Å². The van der Waals surface area contributed by atoms with E-state index in [1.807, 2.05) is 25.1 Å². The van der Waals surface area contributed by atoms with Gasteiger partial charge in [-0.3, -0.25) is 4.98 Å². The minimum atomic E-state index is -1.05. The van der Waals surface area contributed by atoms with Crippen molar-refractivity contribution in [3.8, 4) is 0 Å². The number of likely N-dealkylation sites (tertiary alicyclic amines) is 1. The molecule has 6 nitrogen and oxygen atoms in total. The third-order valence-electron chi connectivity index (χ3n) is 4.10. The van der Waals surface area contributed by atoms with Gasteiger partial charge in [-0.2, -0.15) is 0 Å². The number of nitrogens with one attached hydrogen (secondary N) is 1. The summed E-state index contributed by atoms with van der Waals surface area (Å²) in [6, 6.07) is 5.34. The normalized spacial score (nSPS) is 21.3. The minimum absolute atomic E-state index is 0.298. The van der Waals surface area contributed by atoms with Crippen molar-refractivity contribution in [2.24, 2.45) is 0 Å². The summed E-state index contributed by atoms with van der Waals surface area (Å²) in [6.07, 6.45) is 4.02. The van der Waals surface area contributed by atoms with Crippen molar-refractivity contribution in [3.05, 3.63) is 30.1 Å². The Hall–Kier alpha value is -2.11. The number of carbonyl (C=O) groups is 2. The van der Waals surface area contributed by atoms with Crippen LogP contribution in [-0.4, -0.2) is 45.6 Å². The van der Waals surface area contributed by atoms with Crippen molar-refractivity contribution in [1.29, 1.82) is 0 Å². The maximum Gasteiger partial charge on any atom is 0.329 e. The molecule has 2 rings (SSSR count). The molecule has 0 aromatic carbocycles. The lowest BCUT2D eigenvalue weighted by molar-refractivity contribution is -0.148. The number of pyridine rings is 1. The lowest BCUT2D eigenvalue weighted by Crippen LogP contribution is -2.55. The van der Waals surface area contributed by atoms with Crippen LogP contribution in [0.4, 0.5) is 4.79 Å². The Morgan fingerprint density at radius 3 is 2.90 bits per heavy atom. The van der Waals surface area contributed by atoms with Crippen LogP contribution >= 0.6 is 0 Å². The number of amides is 2. The lowest BCUT2D eigenvalue weighted by atomic mass is 9.93. The molecule has 0 aliphatic carbocycles. The van der Waals surface area contributed by atoms with Gasteiger partial charge < -0.3 is 15.3 Å². The van der Waals surface area contributed by atoms with Gasteiger partial charge in [-0.1, -0.05) is 13.0 Å². The molecule has 1 aliphatic heterocycles. The van der Waals surface area contributed by atoms with E-state index in [1.54, 1.807) is 6.20 Å². The molecule has 1 aromatic heterocycles. The van der Waals surface area contributed by atoms with Gasteiger partial charge in [0.25, 0.3) is 0 Å². The summed E-state index contributed by atoms with van der Waals surface area (Å²) in [5.74, 6) is -0.914. The number of carboxylic acids is 1. The van der Waals surface area contributed by atoms with Crippen LogP contribution in [0.5, 0.6) is 0 Å². The summed E-state index contributed by atoms with van der Waals surface area (Å²) < 4.78 is 0. The molecule has 2 amide bonds. The van der Waals surface area contributed by atoms with E-state index in [9.17, 15) is 14.7 Å². The maximum atomic E-state index is 12.2. The van der Waals surface area contributed by atoms with Crippen molar-refractivity contribution >= 4 is 12.0 Å². The predicted molar refractivity (Wildman–Crippen MR) is 77.9 cm³/mol. The van der Waals surface area contributed by atoms with Crippen LogP contribution in [-0.2, 0) is 11.2 Å². The van der Waals surface area contributed by atoms with E-state index in [2.05, 4.69) is 10.3 Å². The Balaban J connectivity index is 1.92. The summed E-state index contributed by atoms with van der Waals surface area (Å²) >= 11 is 0. The van der Waals surface area contributed by atoms with E-state index < -0.39 is 11.5 Å². The van der Waals surface area contributed by atoms with Gasteiger partial charge in [0.05, 0.1) is 0 Å². The first kappa shape index (κ1) is 15.3. The number of aromatic nitrogens is 1. The number of carboxylic acid groups (broad SMARTS) is 1. The van der Waals surface area contributed by atoms with Gasteiger partial charge >= 0.3 is 12.0 Å². The summed E-state index contributed by atoms with van der Waals surface area (Å²) in [5, 5.41) is 12.3. The molecule has 1 unspecified atom stereocenters. The van der Waals surface area contributed by atoms with Crippen LogP contribution in [0.2, 0.25) is 0 Å². The van der Waals surface area contributed by atoms with E-state index in [0.29, 0.717) is 32.4 Å². The molecule has 1 fully saturated rings. The Labute approximate surface area is 124 Å². The fourth-order valence-corrected chi connectivity index (χ4v) is 2.85. The van der Waals surface area contributed by atoms with E-state index in [1.165, 1.54) is 4.90 Å². The molecular weight excluding hydrogens is 270 g/mol. The van der Waals surface area contributed by atoms with Crippen molar-refractivity contribution < 1.29 is 14.7 Å². The SMILES string of the molecule is CCC1(C(=O)O)CCCN1C(=O)NCCc1ccccn1. The average molecular weight is 291 g/mol. The number of rotatable bonds is 5. The minimum Gasteiger partial charge on any atom is -0.479 e. The molecular formula is C15H21N3O3. The predicted octanol–water partition coefficient (Wildman–Crippen LogP) is 1.66. The number of hydrogen-bond acceptors (Lipinski definition) is 3. The maximum absolute atomic E-state index is 12.2. The number of aliphatic carboxylic acids is 1. The first-order chi connectivity index (χ1) is 10.1. The third kappa shape index (κ3) is 3.15. The highest BCUT2D eigenvalue weighted by Crippen LogP contribution is 2.32. The smallest absolute Gasteiger partial charge is 0.329 e. The molecule has 2 heterocycles. The number of nitrogens with zero attached hydrogens (tertiary/aromatic N) is 2. The summed E-state index contributed by atoms with van der Waals surface area (Å²) in [7, 11) is 0. The monoisotopic (exact) mass is 291 g/mol. The quantitative estimate of drug-likeness (QED) is 0.864. The number of urea groups is 1. The van der Waals surface area contributed by atoms with Crippen LogP contribution in [0, 0.1) is 0 Å². The molecule has 0 saturated carbocycles. The topological polar surface area (TPSA) is 82.5 Å². The first-order valence-electron chi connectivity index (χ1n) is 7.29. The zero-order chi connectivity index (χ0) is 15.3. The second-order valence-corrected chi connectivity index (χ2v) is 5.25. The molecule has 1 atom stereocenters. The van der Waals surface area contributed by atoms with Crippen molar-refractivity contribution in [3.63, 3.8) is 0 Å².